The lowest BCUT2D eigenvalue weighted by Gasteiger charge is -2.34. The monoisotopic (exact) mass is 354 g/mol. The fraction of sp³-hybridized carbons (Fsp3) is 0.300. The SMILES string of the molecule is COc1ccc2c(c1OC)=C[NH+]1CC(O)c3cc4c(cc3C1C=2)OCO4. The Morgan fingerprint density at radius 3 is 2.58 bits per heavy atom. The van der Waals surface area contributed by atoms with E-state index in [0.29, 0.717) is 18.0 Å². The van der Waals surface area contributed by atoms with Gasteiger partial charge in [0.25, 0.3) is 0 Å². The molecule has 26 heavy (non-hydrogen) atoms. The highest BCUT2D eigenvalue weighted by atomic mass is 16.7. The summed E-state index contributed by atoms with van der Waals surface area (Å²) in [5, 5.41) is 12.8. The van der Waals surface area contributed by atoms with E-state index in [4.69, 9.17) is 18.9 Å². The molecule has 0 radical (unpaired) electrons. The molecular formula is C20H20NO5+. The summed E-state index contributed by atoms with van der Waals surface area (Å²) >= 11 is 0. The van der Waals surface area contributed by atoms with Gasteiger partial charge in [-0.3, -0.25) is 4.90 Å². The number of rotatable bonds is 2. The van der Waals surface area contributed by atoms with Crippen LogP contribution in [0.1, 0.15) is 23.3 Å². The topological polar surface area (TPSA) is 61.6 Å². The molecule has 0 saturated heterocycles. The predicted molar refractivity (Wildman–Crippen MR) is 93.8 cm³/mol. The van der Waals surface area contributed by atoms with Crippen LogP contribution in [0, 0.1) is 0 Å². The first-order chi connectivity index (χ1) is 12.7. The van der Waals surface area contributed by atoms with Crippen LogP contribution < -0.4 is 34.3 Å². The molecule has 0 fully saturated rings. The third kappa shape index (κ3) is 2.12. The van der Waals surface area contributed by atoms with E-state index in [9.17, 15) is 5.11 Å². The second-order valence-corrected chi connectivity index (χ2v) is 6.72. The number of benzene rings is 2. The van der Waals surface area contributed by atoms with Gasteiger partial charge >= 0.3 is 0 Å². The van der Waals surface area contributed by atoms with Crippen LogP contribution in [-0.4, -0.2) is 32.7 Å². The second-order valence-electron chi connectivity index (χ2n) is 6.72. The third-order valence-corrected chi connectivity index (χ3v) is 5.39. The molecule has 3 unspecified atom stereocenters. The van der Waals surface area contributed by atoms with Crippen LogP contribution in [0.15, 0.2) is 24.3 Å². The smallest absolute Gasteiger partial charge is 0.231 e. The van der Waals surface area contributed by atoms with Crippen molar-refractivity contribution in [1.29, 1.82) is 0 Å². The fourth-order valence-electron chi connectivity index (χ4n) is 4.16. The van der Waals surface area contributed by atoms with Crippen molar-refractivity contribution >= 4 is 12.3 Å². The minimum Gasteiger partial charge on any atom is -0.493 e. The molecule has 2 aromatic carbocycles. The number of quaternary nitrogens is 1. The summed E-state index contributed by atoms with van der Waals surface area (Å²) in [5.74, 6) is 2.87. The molecule has 0 aromatic heterocycles. The molecule has 3 heterocycles. The lowest BCUT2D eigenvalue weighted by Crippen LogP contribution is -3.09. The molecule has 0 aliphatic carbocycles. The van der Waals surface area contributed by atoms with E-state index in [1.54, 1.807) is 14.2 Å². The van der Waals surface area contributed by atoms with Crippen LogP contribution in [-0.2, 0) is 0 Å². The van der Waals surface area contributed by atoms with Gasteiger partial charge in [0.15, 0.2) is 23.0 Å². The van der Waals surface area contributed by atoms with Crippen molar-refractivity contribution in [2.45, 2.75) is 12.1 Å². The minimum atomic E-state index is -0.562. The molecule has 134 valence electrons. The molecule has 3 aliphatic heterocycles. The van der Waals surface area contributed by atoms with Gasteiger partial charge in [0.1, 0.15) is 24.9 Å². The van der Waals surface area contributed by atoms with Gasteiger partial charge in [0, 0.05) is 5.56 Å². The maximum absolute atomic E-state index is 10.7. The van der Waals surface area contributed by atoms with Crippen molar-refractivity contribution in [2.24, 2.45) is 0 Å². The average molecular weight is 354 g/mol. The maximum Gasteiger partial charge on any atom is 0.231 e. The highest BCUT2D eigenvalue weighted by molar-refractivity contribution is 5.56. The van der Waals surface area contributed by atoms with Crippen LogP contribution in [0.4, 0.5) is 0 Å². The van der Waals surface area contributed by atoms with E-state index >= 15 is 0 Å². The van der Waals surface area contributed by atoms with E-state index in [0.717, 1.165) is 38.0 Å². The summed E-state index contributed by atoms with van der Waals surface area (Å²) < 4.78 is 22.0. The molecule has 0 bridgehead atoms. The highest BCUT2D eigenvalue weighted by Crippen LogP contribution is 2.40. The average Bonchev–Trinajstić information content (AvgIpc) is 3.12. The van der Waals surface area contributed by atoms with E-state index in [-0.39, 0.29) is 12.8 Å². The Hall–Kier alpha value is -2.70. The number of aliphatic hydroxyl groups is 1. The van der Waals surface area contributed by atoms with Crippen molar-refractivity contribution in [1.82, 2.24) is 0 Å². The summed E-state index contributed by atoms with van der Waals surface area (Å²) in [5.41, 5.74) is 1.98. The van der Waals surface area contributed by atoms with Gasteiger partial charge in [-0.2, -0.15) is 0 Å². The number of fused-ring (bicyclic) bond motifs is 5. The molecular weight excluding hydrogens is 334 g/mol. The second kappa shape index (κ2) is 5.65. The first kappa shape index (κ1) is 15.5. The van der Waals surface area contributed by atoms with Crippen molar-refractivity contribution in [2.75, 3.05) is 27.6 Å². The quantitative estimate of drug-likeness (QED) is 0.771. The number of hydrogen-bond acceptors (Lipinski definition) is 5. The van der Waals surface area contributed by atoms with E-state index in [1.165, 1.54) is 0 Å². The first-order valence-corrected chi connectivity index (χ1v) is 8.61. The Kier molecular flexibility index (Phi) is 3.38. The Morgan fingerprint density at radius 1 is 1.08 bits per heavy atom. The third-order valence-electron chi connectivity index (χ3n) is 5.39. The minimum absolute atomic E-state index is 0.105. The summed E-state index contributed by atoms with van der Waals surface area (Å²) in [7, 11) is 3.28. The molecule has 2 N–H and O–H groups in total. The normalized spacial score (nSPS) is 24.5. The van der Waals surface area contributed by atoms with Crippen LogP contribution in [0.25, 0.3) is 12.3 Å². The van der Waals surface area contributed by atoms with E-state index < -0.39 is 6.10 Å². The zero-order valence-electron chi connectivity index (χ0n) is 14.6. The van der Waals surface area contributed by atoms with E-state index in [2.05, 4.69) is 12.3 Å². The maximum atomic E-state index is 10.7. The van der Waals surface area contributed by atoms with Crippen LogP contribution in [0.3, 0.4) is 0 Å². The van der Waals surface area contributed by atoms with Crippen molar-refractivity contribution in [3.63, 3.8) is 0 Å². The summed E-state index contributed by atoms with van der Waals surface area (Å²) in [6, 6.07) is 7.98. The molecule has 2 aromatic rings. The largest absolute Gasteiger partial charge is 0.493 e. The van der Waals surface area contributed by atoms with Gasteiger partial charge in [0.05, 0.1) is 19.4 Å². The van der Waals surface area contributed by atoms with Crippen molar-refractivity contribution < 1.29 is 29.0 Å². The molecule has 6 nitrogen and oxygen atoms in total. The van der Waals surface area contributed by atoms with Gasteiger partial charge in [-0.05, 0) is 35.1 Å². The lowest BCUT2D eigenvalue weighted by molar-refractivity contribution is -0.849. The van der Waals surface area contributed by atoms with Crippen molar-refractivity contribution in [3.05, 3.63) is 45.8 Å². The summed E-state index contributed by atoms with van der Waals surface area (Å²) in [6.45, 7) is 0.804. The first-order valence-electron chi connectivity index (χ1n) is 8.61. The van der Waals surface area contributed by atoms with Crippen LogP contribution >= 0.6 is 0 Å². The molecule has 0 amide bonds. The van der Waals surface area contributed by atoms with Gasteiger partial charge in [-0.25, -0.2) is 0 Å². The lowest BCUT2D eigenvalue weighted by atomic mass is 9.88. The molecule has 3 aliphatic rings. The standard InChI is InChI=1S/C20H19NO5/c1-23-17-4-3-11-5-15-12-6-18-19(26-10-25-18)7-13(12)16(22)9-21(15)8-14(11)20(17)24-2/h3-8,15-16,22H,9-10H2,1-2H3/p+1. The number of aliphatic hydroxyl groups excluding tert-OH is 1. The van der Waals surface area contributed by atoms with Gasteiger partial charge < -0.3 is 24.1 Å². The molecule has 6 heteroatoms. The zero-order chi connectivity index (χ0) is 17.8. The molecule has 3 atom stereocenters. The van der Waals surface area contributed by atoms with Crippen LogP contribution in [0.5, 0.6) is 23.0 Å². The fourth-order valence-corrected chi connectivity index (χ4v) is 4.16. The number of nitrogens with one attached hydrogen (secondary N) is 1. The Morgan fingerprint density at radius 2 is 1.85 bits per heavy atom. The summed E-state index contributed by atoms with van der Waals surface area (Å²) in [6.07, 6.45) is 3.78. The summed E-state index contributed by atoms with van der Waals surface area (Å²) in [4.78, 5) is 1.16. The molecule has 5 rings (SSSR count). The Balaban J connectivity index is 1.71. The zero-order valence-corrected chi connectivity index (χ0v) is 14.6. The van der Waals surface area contributed by atoms with Gasteiger partial charge in [0.2, 0.25) is 6.79 Å². The highest BCUT2D eigenvalue weighted by Gasteiger charge is 2.37. The Bertz CT molecular complexity index is 1020. The van der Waals surface area contributed by atoms with Crippen LogP contribution in [0.2, 0.25) is 0 Å². The van der Waals surface area contributed by atoms with Crippen molar-refractivity contribution in [3.8, 4) is 23.0 Å². The predicted octanol–water partition coefficient (Wildman–Crippen LogP) is -0.362. The number of ether oxygens (including phenoxy) is 4. The van der Waals surface area contributed by atoms with Gasteiger partial charge in [-0.15, -0.1) is 0 Å². The molecule has 0 spiro atoms. The van der Waals surface area contributed by atoms with Gasteiger partial charge in [-0.1, -0.05) is 6.07 Å². The number of methoxy groups -OCH3 is 2. The molecule has 0 saturated carbocycles. The number of hydrogen-bond donors (Lipinski definition) is 2. The van der Waals surface area contributed by atoms with E-state index in [1.807, 2.05) is 24.3 Å². The Labute approximate surface area is 150 Å².